The molecule has 1 heterocycles. The van der Waals surface area contributed by atoms with E-state index in [1.54, 1.807) is 7.05 Å². The van der Waals surface area contributed by atoms with Crippen molar-refractivity contribution in [2.24, 2.45) is 5.73 Å². The second-order valence-corrected chi connectivity index (χ2v) is 3.84. The smallest absolute Gasteiger partial charge is 0.318 e. The summed E-state index contributed by atoms with van der Waals surface area (Å²) in [4.78, 5) is 12.2. The van der Waals surface area contributed by atoms with E-state index in [1.165, 1.54) is 4.90 Å². The molecule has 16 heavy (non-hydrogen) atoms. The van der Waals surface area contributed by atoms with Crippen molar-refractivity contribution in [3.05, 3.63) is 5.89 Å². The molecule has 0 aliphatic heterocycles. The number of primary amides is 1. The molecule has 3 N–H and O–H groups in total. The molecule has 0 fully saturated rings. The fourth-order valence-electron chi connectivity index (χ4n) is 1.06. The molecule has 7 heteroatoms. The molecule has 0 aliphatic rings. The van der Waals surface area contributed by atoms with Gasteiger partial charge >= 0.3 is 6.01 Å². The van der Waals surface area contributed by atoms with Gasteiger partial charge in [-0.25, -0.2) is 0 Å². The van der Waals surface area contributed by atoms with Crippen LogP contribution >= 0.6 is 0 Å². The van der Waals surface area contributed by atoms with Gasteiger partial charge in [0.15, 0.2) is 0 Å². The average Bonchev–Trinajstić information content (AvgIpc) is 2.61. The second-order valence-electron chi connectivity index (χ2n) is 3.84. The van der Waals surface area contributed by atoms with Crippen LogP contribution in [0.4, 0.5) is 6.01 Å². The maximum atomic E-state index is 10.7. The monoisotopic (exact) mass is 227 g/mol. The lowest BCUT2D eigenvalue weighted by atomic mass is 10.4. The van der Waals surface area contributed by atoms with E-state index in [9.17, 15) is 4.79 Å². The highest BCUT2D eigenvalue weighted by atomic mass is 16.4. The number of aromatic nitrogens is 2. The Kier molecular flexibility index (Phi) is 4.24. The molecular weight excluding hydrogens is 210 g/mol. The third-order valence-corrected chi connectivity index (χ3v) is 1.84. The molecule has 1 rings (SSSR count). The minimum atomic E-state index is -0.442. The number of nitrogens with zero attached hydrogens (tertiary/aromatic N) is 3. The number of nitrogens with one attached hydrogen (secondary N) is 1. The molecule has 0 saturated carbocycles. The summed E-state index contributed by atoms with van der Waals surface area (Å²) in [6, 6.07) is 0.637. The number of carbonyl (C=O) groups is 1. The molecular formula is C9H17N5O2. The molecule has 90 valence electrons. The first-order valence-corrected chi connectivity index (χ1v) is 5.04. The minimum absolute atomic E-state index is 0.0548. The van der Waals surface area contributed by atoms with Crippen LogP contribution in [0.5, 0.6) is 0 Å². The summed E-state index contributed by atoms with van der Waals surface area (Å²) in [6.07, 6.45) is 0. The zero-order valence-corrected chi connectivity index (χ0v) is 9.73. The predicted octanol–water partition coefficient (Wildman–Crippen LogP) is -0.511. The van der Waals surface area contributed by atoms with E-state index in [0.29, 0.717) is 24.5 Å². The molecule has 0 saturated heterocycles. The van der Waals surface area contributed by atoms with Gasteiger partial charge in [-0.15, -0.1) is 5.10 Å². The van der Waals surface area contributed by atoms with E-state index < -0.39 is 5.91 Å². The number of amides is 1. The van der Waals surface area contributed by atoms with Gasteiger partial charge in [-0.1, -0.05) is 18.9 Å². The van der Waals surface area contributed by atoms with Crippen LogP contribution < -0.4 is 16.0 Å². The summed E-state index contributed by atoms with van der Waals surface area (Å²) in [7, 11) is 1.66. The number of hydrogen-bond donors (Lipinski definition) is 2. The number of nitrogens with two attached hydrogens (primary N) is 1. The Morgan fingerprint density at radius 2 is 2.25 bits per heavy atom. The van der Waals surface area contributed by atoms with E-state index in [1.807, 2.05) is 13.8 Å². The summed E-state index contributed by atoms with van der Waals surface area (Å²) < 4.78 is 5.33. The fourth-order valence-corrected chi connectivity index (χ4v) is 1.06. The lowest BCUT2D eigenvalue weighted by molar-refractivity contribution is -0.116. The van der Waals surface area contributed by atoms with E-state index in [2.05, 4.69) is 15.5 Å². The molecule has 7 nitrogen and oxygen atoms in total. The Balaban J connectivity index is 2.53. The highest BCUT2D eigenvalue weighted by molar-refractivity contribution is 5.78. The Hall–Kier alpha value is -1.63. The Labute approximate surface area is 94.0 Å². The molecule has 0 radical (unpaired) electrons. The molecule has 0 bridgehead atoms. The van der Waals surface area contributed by atoms with Crippen LogP contribution in [0.25, 0.3) is 0 Å². The maximum absolute atomic E-state index is 10.7. The van der Waals surface area contributed by atoms with Crippen LogP contribution in [0.2, 0.25) is 0 Å². The minimum Gasteiger partial charge on any atom is -0.407 e. The zero-order valence-electron chi connectivity index (χ0n) is 9.73. The van der Waals surface area contributed by atoms with Gasteiger partial charge in [-0.3, -0.25) is 4.79 Å². The first-order valence-electron chi connectivity index (χ1n) is 5.04. The van der Waals surface area contributed by atoms with Gasteiger partial charge in [0.05, 0.1) is 6.54 Å². The van der Waals surface area contributed by atoms with Crippen LogP contribution in [0.1, 0.15) is 19.7 Å². The van der Waals surface area contributed by atoms with Crippen molar-refractivity contribution in [3.8, 4) is 0 Å². The maximum Gasteiger partial charge on any atom is 0.318 e. The third-order valence-electron chi connectivity index (χ3n) is 1.84. The summed E-state index contributed by atoms with van der Waals surface area (Å²) in [6.45, 7) is 4.61. The first-order chi connectivity index (χ1) is 7.49. The summed E-state index contributed by atoms with van der Waals surface area (Å²) >= 11 is 0. The lowest BCUT2D eigenvalue weighted by Gasteiger charge is -2.10. The normalized spacial score (nSPS) is 10.8. The molecule has 0 aliphatic carbocycles. The van der Waals surface area contributed by atoms with Gasteiger partial charge in [-0.2, -0.15) is 0 Å². The number of likely N-dealkylation sites (N-methyl/N-ethyl adjacent to an activating group) is 1. The molecule has 1 aromatic rings. The summed E-state index contributed by atoms with van der Waals surface area (Å²) in [5, 5.41) is 10.8. The van der Waals surface area contributed by atoms with Crippen molar-refractivity contribution in [3.63, 3.8) is 0 Å². The second kappa shape index (κ2) is 5.45. The molecule has 0 unspecified atom stereocenters. The summed E-state index contributed by atoms with van der Waals surface area (Å²) in [5.41, 5.74) is 5.05. The van der Waals surface area contributed by atoms with Crippen LogP contribution in [0.15, 0.2) is 4.42 Å². The molecule has 1 amide bonds. The van der Waals surface area contributed by atoms with E-state index in [-0.39, 0.29) is 6.54 Å². The highest BCUT2D eigenvalue weighted by Gasteiger charge is 2.12. The third kappa shape index (κ3) is 3.85. The average molecular weight is 227 g/mol. The SMILES string of the molecule is CC(C)NCc1nnc(N(C)CC(N)=O)o1. The number of rotatable bonds is 6. The van der Waals surface area contributed by atoms with E-state index in [4.69, 9.17) is 10.2 Å². The number of anilines is 1. The lowest BCUT2D eigenvalue weighted by Crippen LogP contribution is -2.30. The standard InChI is InChI=1S/C9H17N5O2/c1-6(2)11-4-8-12-13-9(16-8)14(3)5-7(10)15/h6,11H,4-5H2,1-3H3,(H2,10,15). The molecule has 0 aromatic carbocycles. The van der Waals surface area contributed by atoms with Gasteiger partial charge < -0.3 is 20.4 Å². The van der Waals surface area contributed by atoms with Gasteiger partial charge in [0.2, 0.25) is 11.8 Å². The van der Waals surface area contributed by atoms with Crippen molar-refractivity contribution in [1.29, 1.82) is 0 Å². The Morgan fingerprint density at radius 1 is 1.56 bits per heavy atom. The number of carbonyl (C=O) groups excluding carboxylic acids is 1. The van der Waals surface area contributed by atoms with Gasteiger partial charge in [0.1, 0.15) is 6.54 Å². The van der Waals surface area contributed by atoms with Crippen molar-refractivity contribution in [2.45, 2.75) is 26.4 Å². The van der Waals surface area contributed by atoms with Crippen molar-refractivity contribution in [1.82, 2.24) is 15.5 Å². The van der Waals surface area contributed by atoms with Crippen LogP contribution in [0, 0.1) is 0 Å². The zero-order chi connectivity index (χ0) is 12.1. The summed E-state index contributed by atoms with van der Waals surface area (Å²) in [5.74, 6) is 0.0441. The molecule has 0 atom stereocenters. The van der Waals surface area contributed by atoms with Gasteiger partial charge in [0.25, 0.3) is 0 Å². The van der Waals surface area contributed by atoms with Crippen LogP contribution in [-0.2, 0) is 11.3 Å². The van der Waals surface area contributed by atoms with E-state index >= 15 is 0 Å². The van der Waals surface area contributed by atoms with Crippen molar-refractivity contribution in [2.75, 3.05) is 18.5 Å². The molecule has 1 aromatic heterocycles. The predicted molar refractivity (Wildman–Crippen MR) is 58.7 cm³/mol. The first kappa shape index (κ1) is 12.4. The Morgan fingerprint density at radius 3 is 2.81 bits per heavy atom. The highest BCUT2D eigenvalue weighted by Crippen LogP contribution is 2.09. The quantitative estimate of drug-likeness (QED) is 0.679. The number of hydrogen-bond acceptors (Lipinski definition) is 6. The largest absolute Gasteiger partial charge is 0.407 e. The molecule has 0 spiro atoms. The fraction of sp³-hybridized carbons (Fsp3) is 0.667. The van der Waals surface area contributed by atoms with Crippen LogP contribution in [-0.4, -0.2) is 35.7 Å². The van der Waals surface area contributed by atoms with E-state index in [0.717, 1.165) is 0 Å². The van der Waals surface area contributed by atoms with Gasteiger partial charge in [0, 0.05) is 13.1 Å². The Bertz CT molecular complexity index is 349. The topological polar surface area (TPSA) is 97.3 Å². The van der Waals surface area contributed by atoms with Crippen LogP contribution in [0.3, 0.4) is 0 Å². The van der Waals surface area contributed by atoms with Crippen molar-refractivity contribution >= 4 is 11.9 Å². The van der Waals surface area contributed by atoms with Gasteiger partial charge in [-0.05, 0) is 0 Å². The van der Waals surface area contributed by atoms with Crippen molar-refractivity contribution < 1.29 is 9.21 Å².